The smallest absolute Gasteiger partial charge is 0.319 e. The van der Waals surface area contributed by atoms with E-state index in [1.807, 2.05) is 11.0 Å². The second-order valence-electron chi connectivity index (χ2n) is 8.62. The molecule has 3 amide bonds. The summed E-state index contributed by atoms with van der Waals surface area (Å²) in [6, 6.07) is 19.1. The molecule has 0 aliphatic carbocycles. The molecule has 5 heteroatoms. The molecule has 0 bridgehead atoms. The number of amides is 3. The monoisotopic (exact) mass is 405 g/mol. The van der Waals surface area contributed by atoms with Crippen LogP contribution >= 0.6 is 0 Å². The Labute approximate surface area is 179 Å². The van der Waals surface area contributed by atoms with E-state index in [0.717, 1.165) is 32.2 Å². The Morgan fingerprint density at radius 1 is 0.933 bits per heavy atom. The van der Waals surface area contributed by atoms with Crippen molar-refractivity contribution in [2.75, 3.05) is 33.7 Å². The zero-order valence-electron chi connectivity index (χ0n) is 18.0. The van der Waals surface area contributed by atoms with E-state index in [0.29, 0.717) is 13.1 Å². The summed E-state index contributed by atoms with van der Waals surface area (Å²) in [6.45, 7) is 2.08. The number of rotatable bonds is 3. The van der Waals surface area contributed by atoms with E-state index in [2.05, 4.69) is 53.4 Å². The molecule has 0 saturated carbocycles. The Kier molecular flexibility index (Phi) is 6.07. The van der Waals surface area contributed by atoms with Gasteiger partial charge in [-0.1, -0.05) is 54.6 Å². The molecular weight excluding hydrogens is 374 g/mol. The Balaban J connectivity index is 1.52. The molecule has 0 aromatic heterocycles. The maximum absolute atomic E-state index is 13.6. The normalized spacial score (nSPS) is 19.3. The quantitative estimate of drug-likeness (QED) is 0.781. The zero-order valence-corrected chi connectivity index (χ0v) is 18.0. The lowest BCUT2D eigenvalue weighted by atomic mass is 9.86. The number of nitrogens with zero attached hydrogens (tertiary/aromatic N) is 3. The van der Waals surface area contributed by atoms with Crippen molar-refractivity contribution in [1.82, 2.24) is 14.7 Å². The minimum absolute atomic E-state index is 0.000233. The summed E-state index contributed by atoms with van der Waals surface area (Å²) < 4.78 is 0. The van der Waals surface area contributed by atoms with Crippen LogP contribution in [0, 0.1) is 5.92 Å². The van der Waals surface area contributed by atoms with Gasteiger partial charge in [0.05, 0.1) is 6.04 Å². The van der Waals surface area contributed by atoms with Gasteiger partial charge in [-0.05, 0) is 42.4 Å². The van der Waals surface area contributed by atoms with Crippen LogP contribution < -0.4 is 0 Å². The van der Waals surface area contributed by atoms with E-state index in [1.54, 1.807) is 19.0 Å². The second-order valence-corrected chi connectivity index (χ2v) is 8.62. The van der Waals surface area contributed by atoms with E-state index in [-0.39, 0.29) is 23.9 Å². The summed E-state index contributed by atoms with van der Waals surface area (Å²) in [7, 11) is 3.55. The molecule has 1 unspecified atom stereocenters. The van der Waals surface area contributed by atoms with Gasteiger partial charge in [0.25, 0.3) is 0 Å². The number of urea groups is 1. The fourth-order valence-electron chi connectivity index (χ4n) is 4.81. The largest absolute Gasteiger partial charge is 0.335 e. The van der Waals surface area contributed by atoms with E-state index < -0.39 is 0 Å². The van der Waals surface area contributed by atoms with Gasteiger partial charge in [0.1, 0.15) is 0 Å². The van der Waals surface area contributed by atoms with Gasteiger partial charge < -0.3 is 14.7 Å². The van der Waals surface area contributed by atoms with Gasteiger partial charge in [-0.25, -0.2) is 4.79 Å². The molecule has 1 saturated heterocycles. The Hall–Kier alpha value is -2.82. The average molecular weight is 406 g/mol. The highest BCUT2D eigenvalue weighted by molar-refractivity contribution is 5.80. The molecule has 0 radical (unpaired) electrons. The van der Waals surface area contributed by atoms with E-state index in [9.17, 15) is 9.59 Å². The Bertz CT molecular complexity index is 888. The number of fused-ring (bicyclic) bond motifs is 1. The van der Waals surface area contributed by atoms with Crippen molar-refractivity contribution in [3.63, 3.8) is 0 Å². The number of likely N-dealkylation sites (tertiary alicyclic amines) is 1. The van der Waals surface area contributed by atoms with Gasteiger partial charge in [0.2, 0.25) is 5.91 Å². The first-order valence-electron chi connectivity index (χ1n) is 10.9. The number of carbonyl (C=O) groups is 2. The van der Waals surface area contributed by atoms with Crippen LogP contribution in [-0.4, -0.2) is 60.4 Å². The van der Waals surface area contributed by atoms with Gasteiger partial charge in [0.15, 0.2) is 0 Å². The summed E-state index contributed by atoms with van der Waals surface area (Å²) in [6.07, 6.45) is 3.23. The molecule has 1 fully saturated rings. The van der Waals surface area contributed by atoms with Crippen LogP contribution in [0.25, 0.3) is 0 Å². The molecule has 2 aromatic carbocycles. The summed E-state index contributed by atoms with van der Waals surface area (Å²) >= 11 is 0. The lowest BCUT2D eigenvalue weighted by molar-refractivity contribution is -0.140. The third-order valence-corrected chi connectivity index (χ3v) is 6.46. The fraction of sp³-hybridized carbons (Fsp3) is 0.440. The lowest BCUT2D eigenvalue weighted by Crippen LogP contribution is -2.49. The molecule has 2 aromatic rings. The summed E-state index contributed by atoms with van der Waals surface area (Å²) in [5, 5.41) is 0. The molecule has 0 N–H and O–H groups in total. The first-order chi connectivity index (χ1) is 14.5. The summed E-state index contributed by atoms with van der Waals surface area (Å²) in [5.41, 5.74) is 3.89. The highest BCUT2D eigenvalue weighted by Crippen LogP contribution is 2.35. The molecule has 2 aliphatic heterocycles. The van der Waals surface area contributed by atoms with Crippen molar-refractivity contribution in [3.8, 4) is 0 Å². The zero-order chi connectivity index (χ0) is 21.1. The molecule has 4 rings (SSSR count). The van der Waals surface area contributed by atoms with Crippen LogP contribution in [-0.2, 0) is 17.6 Å². The van der Waals surface area contributed by atoms with Gasteiger partial charge in [-0.15, -0.1) is 0 Å². The van der Waals surface area contributed by atoms with Crippen LogP contribution in [0.4, 0.5) is 4.79 Å². The van der Waals surface area contributed by atoms with E-state index in [4.69, 9.17) is 0 Å². The molecule has 5 nitrogen and oxygen atoms in total. The minimum Gasteiger partial charge on any atom is -0.335 e. The van der Waals surface area contributed by atoms with Crippen molar-refractivity contribution in [1.29, 1.82) is 0 Å². The highest BCUT2D eigenvalue weighted by atomic mass is 16.2. The van der Waals surface area contributed by atoms with Crippen molar-refractivity contribution in [2.45, 2.75) is 31.7 Å². The average Bonchev–Trinajstić information content (AvgIpc) is 2.79. The van der Waals surface area contributed by atoms with Crippen LogP contribution in [0.5, 0.6) is 0 Å². The number of hydrogen-bond acceptors (Lipinski definition) is 2. The molecule has 1 atom stereocenters. The minimum atomic E-state index is -0.000233. The molecule has 0 spiro atoms. The molecule has 2 aliphatic rings. The predicted octanol–water partition coefficient (Wildman–Crippen LogP) is 3.75. The maximum atomic E-state index is 13.6. The van der Waals surface area contributed by atoms with Gasteiger partial charge >= 0.3 is 6.03 Å². The van der Waals surface area contributed by atoms with Crippen LogP contribution in [0.3, 0.4) is 0 Å². The Morgan fingerprint density at radius 2 is 1.60 bits per heavy atom. The van der Waals surface area contributed by atoms with Crippen molar-refractivity contribution in [3.05, 3.63) is 71.3 Å². The Morgan fingerprint density at radius 3 is 2.30 bits per heavy atom. The third-order valence-electron chi connectivity index (χ3n) is 6.46. The first-order valence-corrected chi connectivity index (χ1v) is 10.9. The fourth-order valence-corrected chi connectivity index (χ4v) is 4.81. The van der Waals surface area contributed by atoms with Crippen molar-refractivity contribution >= 4 is 11.9 Å². The number of carbonyl (C=O) groups excluding carboxylic acids is 2. The number of hydrogen-bond donors (Lipinski definition) is 0. The lowest BCUT2D eigenvalue weighted by Gasteiger charge is -2.41. The van der Waals surface area contributed by atoms with Crippen molar-refractivity contribution in [2.24, 2.45) is 5.92 Å². The second kappa shape index (κ2) is 8.90. The summed E-state index contributed by atoms with van der Waals surface area (Å²) in [4.78, 5) is 31.4. The van der Waals surface area contributed by atoms with E-state index >= 15 is 0 Å². The van der Waals surface area contributed by atoms with Crippen LogP contribution in [0.2, 0.25) is 0 Å². The summed E-state index contributed by atoms with van der Waals surface area (Å²) in [5.74, 6) is 0.252. The third kappa shape index (κ3) is 4.20. The SMILES string of the molecule is CN(C)C(=O)N1CCC(C(=O)N2CCc3ccccc3C2Cc2ccccc2)CC1. The maximum Gasteiger partial charge on any atom is 0.319 e. The van der Waals surface area contributed by atoms with Gasteiger partial charge in [-0.2, -0.15) is 0 Å². The predicted molar refractivity (Wildman–Crippen MR) is 118 cm³/mol. The molecule has 2 heterocycles. The molecule has 158 valence electrons. The molecule has 30 heavy (non-hydrogen) atoms. The highest BCUT2D eigenvalue weighted by Gasteiger charge is 2.36. The topological polar surface area (TPSA) is 43.9 Å². The first kappa shape index (κ1) is 20.5. The van der Waals surface area contributed by atoms with Crippen LogP contribution in [0.15, 0.2) is 54.6 Å². The number of benzene rings is 2. The molecular formula is C25H31N3O2. The van der Waals surface area contributed by atoms with Crippen molar-refractivity contribution < 1.29 is 9.59 Å². The van der Waals surface area contributed by atoms with Gasteiger partial charge in [-0.3, -0.25) is 4.79 Å². The van der Waals surface area contributed by atoms with Crippen LogP contribution in [0.1, 0.15) is 35.6 Å². The van der Waals surface area contributed by atoms with Gasteiger partial charge in [0, 0.05) is 39.6 Å². The van der Waals surface area contributed by atoms with E-state index in [1.165, 1.54) is 16.7 Å². The standard InChI is InChI=1S/C25H31N3O2/c1-26(2)25(30)27-15-12-21(13-16-27)24(29)28-17-14-20-10-6-7-11-22(20)23(28)18-19-8-4-3-5-9-19/h3-11,21,23H,12-18H2,1-2H3. The number of piperidine rings is 1.